The van der Waals surface area contributed by atoms with Crippen LogP contribution in [0.15, 0.2) is 36.4 Å². The molecule has 2 N–H and O–H groups in total. The molecule has 2 rings (SSSR count). The van der Waals surface area contributed by atoms with Gasteiger partial charge in [-0.25, -0.2) is 4.39 Å². The maximum Gasteiger partial charge on any atom is 0.142 e. The van der Waals surface area contributed by atoms with E-state index in [4.69, 9.17) is 33.7 Å². The largest absolute Gasteiger partial charge is 0.457 e. The Kier molecular flexibility index (Phi) is 4.64. The highest BCUT2D eigenvalue weighted by atomic mass is 35.5. The van der Waals surface area contributed by atoms with E-state index >= 15 is 0 Å². The van der Waals surface area contributed by atoms with Gasteiger partial charge >= 0.3 is 0 Å². The van der Waals surface area contributed by atoms with E-state index in [1.165, 1.54) is 18.2 Å². The first-order chi connectivity index (χ1) is 9.10. The molecule has 0 saturated carbocycles. The first-order valence-corrected chi connectivity index (χ1v) is 6.47. The van der Waals surface area contributed by atoms with Crippen LogP contribution in [0.25, 0.3) is 0 Å². The van der Waals surface area contributed by atoms with Crippen LogP contribution in [0.3, 0.4) is 0 Å². The average molecular weight is 300 g/mol. The molecule has 0 aromatic heterocycles. The quantitative estimate of drug-likeness (QED) is 0.906. The molecule has 0 heterocycles. The summed E-state index contributed by atoms with van der Waals surface area (Å²) in [6, 6.07) is 9.48. The molecule has 0 unspecified atom stereocenters. The number of ether oxygens (including phenoxy) is 1. The highest BCUT2D eigenvalue weighted by Gasteiger charge is 2.07. The summed E-state index contributed by atoms with van der Waals surface area (Å²) in [6.07, 6.45) is 0.644. The zero-order valence-electron chi connectivity index (χ0n) is 10.00. The predicted octanol–water partition coefficient (Wildman–Crippen LogP) is 4.43. The summed E-state index contributed by atoms with van der Waals surface area (Å²) in [4.78, 5) is 0. The van der Waals surface area contributed by atoms with Crippen molar-refractivity contribution < 1.29 is 9.13 Å². The van der Waals surface area contributed by atoms with E-state index in [2.05, 4.69) is 0 Å². The minimum Gasteiger partial charge on any atom is -0.457 e. The fourth-order valence-corrected chi connectivity index (χ4v) is 2.03. The molecule has 2 aromatic carbocycles. The molecule has 5 heteroatoms. The Morgan fingerprint density at radius 1 is 1.11 bits per heavy atom. The summed E-state index contributed by atoms with van der Waals surface area (Å²) in [7, 11) is 0. The Hall–Kier alpha value is -1.29. The number of halogens is 3. The Balaban J connectivity index is 2.29. The molecule has 0 aliphatic heterocycles. The molecule has 0 aliphatic rings. The summed E-state index contributed by atoms with van der Waals surface area (Å²) in [5.41, 5.74) is 6.45. The van der Waals surface area contributed by atoms with Crippen LogP contribution in [-0.4, -0.2) is 6.54 Å². The third-order valence-electron chi connectivity index (χ3n) is 2.56. The molecule has 2 aromatic rings. The SMILES string of the molecule is NCCc1cc(Cl)ccc1Oc1ccc(F)c(Cl)c1. The van der Waals surface area contributed by atoms with Crippen LogP contribution < -0.4 is 10.5 Å². The summed E-state index contributed by atoms with van der Waals surface area (Å²) in [5.74, 6) is 0.622. The maximum absolute atomic E-state index is 13.1. The Bertz CT molecular complexity index is 590. The highest BCUT2D eigenvalue weighted by Crippen LogP contribution is 2.30. The van der Waals surface area contributed by atoms with Gasteiger partial charge in [0, 0.05) is 11.1 Å². The van der Waals surface area contributed by atoms with Crippen molar-refractivity contribution in [1.82, 2.24) is 0 Å². The van der Waals surface area contributed by atoms with Crippen LogP contribution in [0.2, 0.25) is 10.0 Å². The second-order valence-electron chi connectivity index (χ2n) is 3.97. The van der Waals surface area contributed by atoms with E-state index in [1.54, 1.807) is 18.2 Å². The number of hydrogen-bond donors (Lipinski definition) is 1. The van der Waals surface area contributed by atoms with Crippen LogP contribution >= 0.6 is 23.2 Å². The van der Waals surface area contributed by atoms with E-state index < -0.39 is 5.82 Å². The molecule has 0 saturated heterocycles. The molecule has 0 aliphatic carbocycles. The van der Waals surface area contributed by atoms with Crippen LogP contribution in [0.5, 0.6) is 11.5 Å². The van der Waals surface area contributed by atoms with Gasteiger partial charge in [-0.1, -0.05) is 23.2 Å². The first-order valence-electron chi connectivity index (χ1n) is 5.71. The van der Waals surface area contributed by atoms with E-state index in [0.29, 0.717) is 29.5 Å². The van der Waals surface area contributed by atoms with E-state index in [9.17, 15) is 4.39 Å². The molecule has 0 amide bonds. The topological polar surface area (TPSA) is 35.2 Å². The lowest BCUT2D eigenvalue weighted by molar-refractivity contribution is 0.474. The van der Waals surface area contributed by atoms with Crippen molar-refractivity contribution in [3.63, 3.8) is 0 Å². The lowest BCUT2D eigenvalue weighted by Crippen LogP contribution is -2.04. The number of nitrogens with two attached hydrogens (primary N) is 1. The average Bonchev–Trinajstić information content (AvgIpc) is 2.37. The third kappa shape index (κ3) is 3.60. The van der Waals surface area contributed by atoms with Crippen molar-refractivity contribution in [1.29, 1.82) is 0 Å². The fourth-order valence-electron chi connectivity index (χ4n) is 1.67. The third-order valence-corrected chi connectivity index (χ3v) is 3.08. The van der Waals surface area contributed by atoms with Gasteiger partial charge in [-0.3, -0.25) is 0 Å². The normalized spacial score (nSPS) is 10.5. The van der Waals surface area contributed by atoms with Crippen LogP contribution in [0.4, 0.5) is 4.39 Å². The van der Waals surface area contributed by atoms with Gasteiger partial charge in [0.15, 0.2) is 0 Å². The molecule has 0 bridgehead atoms. The summed E-state index contributed by atoms with van der Waals surface area (Å²) < 4.78 is 18.8. The molecule has 2 nitrogen and oxygen atoms in total. The first kappa shape index (κ1) is 14.1. The molecule has 0 radical (unpaired) electrons. The van der Waals surface area contributed by atoms with Gasteiger partial charge in [0.05, 0.1) is 5.02 Å². The Morgan fingerprint density at radius 2 is 1.89 bits per heavy atom. The Labute approximate surface area is 120 Å². The van der Waals surface area contributed by atoms with Crippen molar-refractivity contribution in [2.75, 3.05) is 6.54 Å². The molecule has 0 fully saturated rings. The minimum absolute atomic E-state index is 0.0202. The fraction of sp³-hybridized carbons (Fsp3) is 0.143. The lowest BCUT2D eigenvalue weighted by atomic mass is 10.1. The zero-order chi connectivity index (χ0) is 13.8. The van der Waals surface area contributed by atoms with Crippen molar-refractivity contribution in [2.45, 2.75) is 6.42 Å². The van der Waals surface area contributed by atoms with E-state index in [0.717, 1.165) is 5.56 Å². The van der Waals surface area contributed by atoms with Crippen LogP contribution in [-0.2, 0) is 6.42 Å². The highest BCUT2D eigenvalue weighted by molar-refractivity contribution is 6.31. The molecule has 100 valence electrons. The van der Waals surface area contributed by atoms with Gasteiger partial charge in [0.1, 0.15) is 17.3 Å². The smallest absolute Gasteiger partial charge is 0.142 e. The molecule has 19 heavy (non-hydrogen) atoms. The van der Waals surface area contributed by atoms with E-state index in [1.807, 2.05) is 0 Å². The standard InChI is InChI=1S/C14H12Cl2FNO/c15-10-1-4-14(9(7-10)5-6-18)19-11-2-3-13(17)12(16)8-11/h1-4,7-8H,5-6,18H2. The van der Waals surface area contributed by atoms with Gasteiger partial charge in [-0.2, -0.15) is 0 Å². The number of benzene rings is 2. The Morgan fingerprint density at radius 3 is 2.58 bits per heavy atom. The van der Waals surface area contributed by atoms with Gasteiger partial charge in [0.25, 0.3) is 0 Å². The van der Waals surface area contributed by atoms with Crippen molar-refractivity contribution in [3.8, 4) is 11.5 Å². The van der Waals surface area contributed by atoms with Gasteiger partial charge in [-0.15, -0.1) is 0 Å². The van der Waals surface area contributed by atoms with Crippen molar-refractivity contribution in [2.24, 2.45) is 5.73 Å². The van der Waals surface area contributed by atoms with Gasteiger partial charge in [-0.05, 0) is 48.9 Å². The van der Waals surface area contributed by atoms with Gasteiger partial charge in [0.2, 0.25) is 0 Å². The second kappa shape index (κ2) is 6.24. The molecule has 0 atom stereocenters. The lowest BCUT2D eigenvalue weighted by Gasteiger charge is -2.11. The summed E-state index contributed by atoms with van der Waals surface area (Å²) >= 11 is 11.6. The van der Waals surface area contributed by atoms with Crippen molar-refractivity contribution >= 4 is 23.2 Å². The van der Waals surface area contributed by atoms with Crippen LogP contribution in [0, 0.1) is 5.82 Å². The summed E-state index contributed by atoms with van der Waals surface area (Å²) in [5, 5.41) is 0.639. The van der Waals surface area contributed by atoms with Crippen molar-refractivity contribution in [3.05, 3.63) is 57.8 Å². The monoisotopic (exact) mass is 299 g/mol. The molecular weight excluding hydrogens is 288 g/mol. The van der Waals surface area contributed by atoms with E-state index in [-0.39, 0.29) is 5.02 Å². The minimum atomic E-state index is -0.479. The zero-order valence-corrected chi connectivity index (χ0v) is 11.5. The predicted molar refractivity (Wildman–Crippen MR) is 75.7 cm³/mol. The van der Waals surface area contributed by atoms with Crippen LogP contribution in [0.1, 0.15) is 5.56 Å². The number of hydrogen-bond acceptors (Lipinski definition) is 2. The molecular formula is C14H12Cl2FNO. The number of rotatable bonds is 4. The maximum atomic E-state index is 13.1. The summed E-state index contributed by atoms with van der Waals surface area (Å²) in [6.45, 7) is 0.487. The molecule has 0 spiro atoms. The van der Waals surface area contributed by atoms with Gasteiger partial charge < -0.3 is 10.5 Å². The second-order valence-corrected chi connectivity index (χ2v) is 4.81.